The average Bonchev–Trinajstić information content (AvgIpc) is 2.48. The van der Waals surface area contributed by atoms with E-state index < -0.39 is 17.8 Å². The molecule has 6 heteroatoms. The Morgan fingerprint density at radius 1 is 1.00 bits per heavy atom. The van der Waals surface area contributed by atoms with Gasteiger partial charge in [-0.1, -0.05) is 36.4 Å². The Labute approximate surface area is 125 Å². The Balaban J connectivity index is 2.58. The Hall–Kier alpha value is -1.50. The van der Waals surface area contributed by atoms with Crippen molar-refractivity contribution in [1.29, 1.82) is 0 Å². The predicted molar refractivity (Wildman–Crippen MR) is 78.8 cm³/mol. The second-order valence-electron chi connectivity index (χ2n) is 4.43. The SMILES string of the molecule is CSc1ccccc1C(NN)c1ccccc1C(F)(F)F. The second-order valence-corrected chi connectivity index (χ2v) is 5.27. The fourth-order valence-electron chi connectivity index (χ4n) is 2.26. The summed E-state index contributed by atoms with van der Waals surface area (Å²) in [6.07, 6.45) is -2.54. The highest BCUT2D eigenvalue weighted by Crippen LogP contribution is 2.38. The van der Waals surface area contributed by atoms with E-state index in [9.17, 15) is 13.2 Å². The van der Waals surface area contributed by atoms with Crippen molar-refractivity contribution in [1.82, 2.24) is 5.43 Å². The van der Waals surface area contributed by atoms with Crippen LogP contribution in [0, 0.1) is 0 Å². The highest BCUT2D eigenvalue weighted by atomic mass is 32.2. The lowest BCUT2D eigenvalue weighted by molar-refractivity contribution is -0.138. The van der Waals surface area contributed by atoms with Gasteiger partial charge in [-0.3, -0.25) is 5.84 Å². The molecule has 0 aliphatic carbocycles. The zero-order valence-electron chi connectivity index (χ0n) is 11.3. The topological polar surface area (TPSA) is 38.0 Å². The Morgan fingerprint density at radius 2 is 1.57 bits per heavy atom. The maximum absolute atomic E-state index is 13.2. The van der Waals surface area contributed by atoms with Crippen LogP contribution in [0.5, 0.6) is 0 Å². The maximum atomic E-state index is 13.2. The number of nitrogens with one attached hydrogen (secondary N) is 1. The molecule has 0 radical (unpaired) electrons. The van der Waals surface area contributed by atoms with Crippen molar-refractivity contribution in [3.8, 4) is 0 Å². The van der Waals surface area contributed by atoms with Gasteiger partial charge in [-0.05, 0) is 29.5 Å². The Morgan fingerprint density at radius 3 is 2.14 bits per heavy atom. The van der Waals surface area contributed by atoms with Gasteiger partial charge in [0.25, 0.3) is 0 Å². The Kier molecular flexibility index (Phi) is 4.92. The molecule has 0 aliphatic heterocycles. The van der Waals surface area contributed by atoms with Crippen molar-refractivity contribution in [2.75, 3.05) is 6.26 Å². The number of alkyl halides is 3. The molecule has 1 unspecified atom stereocenters. The summed E-state index contributed by atoms with van der Waals surface area (Å²) in [5.41, 5.74) is 2.68. The van der Waals surface area contributed by atoms with Gasteiger partial charge in [0, 0.05) is 4.90 Å². The van der Waals surface area contributed by atoms with Gasteiger partial charge >= 0.3 is 6.18 Å². The highest BCUT2D eigenvalue weighted by Gasteiger charge is 2.35. The first-order valence-corrected chi connectivity index (χ1v) is 7.46. The van der Waals surface area contributed by atoms with Gasteiger partial charge in [0.1, 0.15) is 0 Å². The third-order valence-corrected chi connectivity index (χ3v) is 4.01. The van der Waals surface area contributed by atoms with E-state index in [0.717, 1.165) is 16.5 Å². The van der Waals surface area contributed by atoms with Crippen LogP contribution in [0.15, 0.2) is 53.4 Å². The van der Waals surface area contributed by atoms with Gasteiger partial charge in [-0.2, -0.15) is 13.2 Å². The molecule has 0 fully saturated rings. The van der Waals surface area contributed by atoms with Crippen molar-refractivity contribution in [3.05, 3.63) is 65.2 Å². The molecule has 0 amide bonds. The third kappa shape index (κ3) is 3.40. The summed E-state index contributed by atoms with van der Waals surface area (Å²) in [4.78, 5) is 0.887. The van der Waals surface area contributed by atoms with Crippen LogP contribution in [0.25, 0.3) is 0 Å². The van der Waals surface area contributed by atoms with Gasteiger partial charge < -0.3 is 0 Å². The summed E-state index contributed by atoms with van der Waals surface area (Å²) in [6, 6.07) is 12.0. The number of hydrazine groups is 1. The van der Waals surface area contributed by atoms with E-state index >= 15 is 0 Å². The molecule has 2 aromatic rings. The van der Waals surface area contributed by atoms with E-state index in [2.05, 4.69) is 5.43 Å². The maximum Gasteiger partial charge on any atom is 0.416 e. The summed E-state index contributed by atoms with van der Waals surface area (Å²) in [5, 5.41) is 0. The molecule has 21 heavy (non-hydrogen) atoms. The van der Waals surface area contributed by atoms with Crippen LogP contribution in [0.3, 0.4) is 0 Å². The molecule has 0 saturated heterocycles. The van der Waals surface area contributed by atoms with E-state index in [4.69, 9.17) is 5.84 Å². The van der Waals surface area contributed by atoms with E-state index in [1.54, 1.807) is 18.2 Å². The van der Waals surface area contributed by atoms with E-state index in [1.165, 1.54) is 23.9 Å². The minimum atomic E-state index is -4.42. The van der Waals surface area contributed by atoms with Crippen molar-refractivity contribution in [2.24, 2.45) is 5.84 Å². The quantitative estimate of drug-likeness (QED) is 0.509. The second kappa shape index (κ2) is 6.51. The van der Waals surface area contributed by atoms with Crippen LogP contribution < -0.4 is 11.3 Å². The summed E-state index contributed by atoms with van der Waals surface area (Å²) in [7, 11) is 0. The number of benzene rings is 2. The van der Waals surface area contributed by atoms with Gasteiger partial charge in [0.2, 0.25) is 0 Å². The van der Waals surface area contributed by atoms with Crippen LogP contribution in [0.2, 0.25) is 0 Å². The summed E-state index contributed by atoms with van der Waals surface area (Å²) >= 11 is 1.47. The molecule has 0 bridgehead atoms. The molecule has 0 aromatic heterocycles. The molecule has 3 N–H and O–H groups in total. The largest absolute Gasteiger partial charge is 0.416 e. The van der Waals surface area contributed by atoms with Crippen LogP contribution in [0.4, 0.5) is 13.2 Å². The van der Waals surface area contributed by atoms with Gasteiger partial charge in [0.15, 0.2) is 0 Å². The molecule has 0 spiro atoms. The van der Waals surface area contributed by atoms with Gasteiger partial charge in [-0.25, -0.2) is 5.43 Å². The van der Waals surface area contributed by atoms with Gasteiger partial charge in [-0.15, -0.1) is 11.8 Å². The summed E-state index contributed by atoms with van der Waals surface area (Å²) in [6.45, 7) is 0. The van der Waals surface area contributed by atoms with Crippen LogP contribution >= 0.6 is 11.8 Å². The first-order valence-electron chi connectivity index (χ1n) is 6.24. The number of halogens is 3. The fourth-order valence-corrected chi connectivity index (χ4v) is 2.90. The number of hydrogen-bond donors (Lipinski definition) is 2. The smallest absolute Gasteiger partial charge is 0.271 e. The van der Waals surface area contributed by atoms with Crippen LogP contribution in [-0.2, 0) is 6.18 Å². The molecule has 0 heterocycles. The number of hydrogen-bond acceptors (Lipinski definition) is 3. The molecule has 2 aromatic carbocycles. The van der Waals surface area contributed by atoms with Crippen molar-refractivity contribution >= 4 is 11.8 Å². The summed E-state index contributed by atoms with van der Waals surface area (Å²) < 4.78 is 39.5. The average molecular weight is 312 g/mol. The molecular weight excluding hydrogens is 297 g/mol. The van der Waals surface area contributed by atoms with Crippen molar-refractivity contribution < 1.29 is 13.2 Å². The highest BCUT2D eigenvalue weighted by molar-refractivity contribution is 7.98. The normalized spacial score (nSPS) is 13.2. The lowest BCUT2D eigenvalue weighted by Gasteiger charge is -2.23. The zero-order valence-corrected chi connectivity index (χ0v) is 12.1. The first-order chi connectivity index (χ1) is 9.99. The first kappa shape index (κ1) is 15.9. The van der Waals surface area contributed by atoms with Crippen molar-refractivity contribution in [3.63, 3.8) is 0 Å². The number of rotatable bonds is 4. The minimum absolute atomic E-state index is 0.119. The Bertz CT molecular complexity index is 614. The number of nitrogens with two attached hydrogens (primary N) is 1. The van der Waals surface area contributed by atoms with E-state index in [1.807, 2.05) is 18.4 Å². The van der Waals surface area contributed by atoms with Crippen LogP contribution in [0.1, 0.15) is 22.7 Å². The zero-order chi connectivity index (χ0) is 15.5. The molecule has 0 saturated carbocycles. The lowest BCUT2D eigenvalue weighted by atomic mass is 9.94. The van der Waals surface area contributed by atoms with E-state index in [-0.39, 0.29) is 5.56 Å². The monoisotopic (exact) mass is 312 g/mol. The molecular formula is C15H15F3N2S. The summed E-state index contributed by atoms with van der Waals surface area (Å²) in [5.74, 6) is 5.55. The van der Waals surface area contributed by atoms with Crippen molar-refractivity contribution in [2.45, 2.75) is 17.1 Å². The molecule has 2 nitrogen and oxygen atoms in total. The van der Waals surface area contributed by atoms with E-state index in [0.29, 0.717) is 0 Å². The third-order valence-electron chi connectivity index (χ3n) is 3.19. The van der Waals surface area contributed by atoms with Crippen LogP contribution in [-0.4, -0.2) is 6.26 Å². The number of thioether (sulfide) groups is 1. The van der Waals surface area contributed by atoms with Gasteiger partial charge in [0.05, 0.1) is 11.6 Å². The predicted octanol–water partition coefficient (Wildman–Crippen LogP) is 3.98. The fraction of sp³-hybridized carbons (Fsp3) is 0.200. The lowest BCUT2D eigenvalue weighted by Crippen LogP contribution is -2.31. The molecule has 112 valence electrons. The minimum Gasteiger partial charge on any atom is -0.271 e. The molecule has 2 rings (SSSR count). The molecule has 0 aliphatic rings. The molecule has 1 atom stereocenters. The standard InChI is InChI=1S/C15H15F3N2S/c1-21-13-9-5-3-7-11(13)14(20-19)10-6-2-4-8-12(10)15(16,17)18/h2-9,14,20H,19H2,1H3.